The highest BCUT2D eigenvalue weighted by molar-refractivity contribution is 14.0. The highest BCUT2D eigenvalue weighted by Crippen LogP contribution is 2.24. The number of phenols is 1. The van der Waals surface area contributed by atoms with Gasteiger partial charge < -0.3 is 20.1 Å². The topological polar surface area (TPSA) is 57.1 Å². The Morgan fingerprint density at radius 1 is 1.44 bits per heavy atom. The van der Waals surface area contributed by atoms with E-state index in [2.05, 4.69) is 35.8 Å². The molecule has 142 valence electrons. The van der Waals surface area contributed by atoms with Gasteiger partial charge in [0.25, 0.3) is 0 Å². The molecular formula is C18H30IN3O2S. The van der Waals surface area contributed by atoms with E-state index in [4.69, 9.17) is 9.73 Å². The highest BCUT2D eigenvalue weighted by Gasteiger charge is 2.21. The first-order chi connectivity index (χ1) is 11.7. The SMILES string of the molecule is CCNC(=NCCc1ccc(OC)cc1O)N1CCSC(CC)C1.I. The van der Waals surface area contributed by atoms with Crippen LogP contribution in [-0.4, -0.2) is 60.3 Å². The monoisotopic (exact) mass is 479 g/mol. The lowest BCUT2D eigenvalue weighted by molar-refractivity contribution is 0.405. The van der Waals surface area contributed by atoms with E-state index >= 15 is 0 Å². The first-order valence-electron chi connectivity index (χ1n) is 8.68. The molecule has 1 saturated heterocycles. The van der Waals surface area contributed by atoms with Crippen molar-refractivity contribution >= 4 is 41.7 Å². The summed E-state index contributed by atoms with van der Waals surface area (Å²) < 4.78 is 5.12. The second-order valence-corrected chi connectivity index (χ2v) is 7.24. The molecule has 25 heavy (non-hydrogen) atoms. The Labute approximate surface area is 172 Å². The van der Waals surface area contributed by atoms with E-state index in [0.29, 0.717) is 24.0 Å². The molecule has 7 heteroatoms. The quantitative estimate of drug-likeness (QED) is 0.373. The number of ether oxygens (including phenoxy) is 1. The lowest BCUT2D eigenvalue weighted by atomic mass is 10.1. The van der Waals surface area contributed by atoms with E-state index in [1.807, 2.05) is 12.1 Å². The summed E-state index contributed by atoms with van der Waals surface area (Å²) in [5.41, 5.74) is 0.899. The summed E-state index contributed by atoms with van der Waals surface area (Å²) in [7, 11) is 1.60. The van der Waals surface area contributed by atoms with Gasteiger partial charge in [0.2, 0.25) is 0 Å². The third kappa shape index (κ3) is 6.77. The molecule has 1 atom stereocenters. The Hall–Kier alpha value is -0.830. The number of nitrogens with one attached hydrogen (secondary N) is 1. The van der Waals surface area contributed by atoms with Crippen molar-refractivity contribution in [1.82, 2.24) is 10.2 Å². The Balaban J connectivity index is 0.00000312. The summed E-state index contributed by atoms with van der Waals surface area (Å²) in [6.45, 7) is 7.97. The molecule has 1 fully saturated rings. The van der Waals surface area contributed by atoms with Crippen molar-refractivity contribution in [2.75, 3.05) is 39.0 Å². The number of thioether (sulfide) groups is 1. The summed E-state index contributed by atoms with van der Waals surface area (Å²) >= 11 is 2.06. The van der Waals surface area contributed by atoms with Gasteiger partial charge in [-0.25, -0.2) is 0 Å². The van der Waals surface area contributed by atoms with Gasteiger partial charge in [-0.15, -0.1) is 24.0 Å². The third-order valence-electron chi connectivity index (χ3n) is 4.16. The average molecular weight is 479 g/mol. The molecule has 1 heterocycles. The number of hydrogen-bond acceptors (Lipinski definition) is 4. The molecule has 0 amide bonds. The molecule has 0 bridgehead atoms. The van der Waals surface area contributed by atoms with Crippen LogP contribution in [0.25, 0.3) is 0 Å². The van der Waals surface area contributed by atoms with E-state index in [-0.39, 0.29) is 29.7 Å². The van der Waals surface area contributed by atoms with Crippen LogP contribution in [0.2, 0.25) is 0 Å². The largest absolute Gasteiger partial charge is 0.508 e. The molecule has 1 unspecified atom stereocenters. The van der Waals surface area contributed by atoms with Crippen LogP contribution in [0.5, 0.6) is 11.5 Å². The van der Waals surface area contributed by atoms with Crippen molar-refractivity contribution in [2.45, 2.75) is 31.9 Å². The van der Waals surface area contributed by atoms with Crippen molar-refractivity contribution in [1.29, 1.82) is 0 Å². The molecule has 1 aliphatic rings. The number of aromatic hydroxyl groups is 1. The maximum atomic E-state index is 10.0. The van der Waals surface area contributed by atoms with Crippen molar-refractivity contribution in [3.63, 3.8) is 0 Å². The third-order valence-corrected chi connectivity index (χ3v) is 5.54. The van der Waals surface area contributed by atoms with E-state index in [0.717, 1.165) is 36.9 Å². The molecule has 0 aromatic heterocycles. The Bertz CT molecular complexity index is 557. The van der Waals surface area contributed by atoms with Gasteiger partial charge in [0.15, 0.2) is 5.96 Å². The minimum Gasteiger partial charge on any atom is -0.508 e. The number of hydrogen-bond donors (Lipinski definition) is 2. The maximum Gasteiger partial charge on any atom is 0.193 e. The van der Waals surface area contributed by atoms with Gasteiger partial charge in [-0.1, -0.05) is 13.0 Å². The minimum absolute atomic E-state index is 0. The minimum atomic E-state index is 0. The summed E-state index contributed by atoms with van der Waals surface area (Å²) in [5.74, 6) is 3.09. The Morgan fingerprint density at radius 2 is 2.24 bits per heavy atom. The van der Waals surface area contributed by atoms with Crippen LogP contribution in [0.1, 0.15) is 25.8 Å². The van der Waals surface area contributed by atoms with Gasteiger partial charge in [-0.05, 0) is 31.4 Å². The summed E-state index contributed by atoms with van der Waals surface area (Å²) in [6.07, 6.45) is 1.91. The number of rotatable bonds is 6. The van der Waals surface area contributed by atoms with Crippen molar-refractivity contribution < 1.29 is 9.84 Å². The second kappa shape index (κ2) is 11.7. The van der Waals surface area contributed by atoms with Gasteiger partial charge in [-0.2, -0.15) is 11.8 Å². The molecule has 0 spiro atoms. The molecule has 0 radical (unpaired) electrons. The average Bonchev–Trinajstić information content (AvgIpc) is 2.62. The fourth-order valence-corrected chi connectivity index (χ4v) is 3.93. The fraction of sp³-hybridized carbons (Fsp3) is 0.611. The number of guanidine groups is 1. The van der Waals surface area contributed by atoms with Gasteiger partial charge >= 0.3 is 0 Å². The lowest BCUT2D eigenvalue weighted by Crippen LogP contribution is -2.48. The van der Waals surface area contributed by atoms with E-state index < -0.39 is 0 Å². The van der Waals surface area contributed by atoms with Crippen LogP contribution >= 0.6 is 35.7 Å². The van der Waals surface area contributed by atoms with Crippen LogP contribution in [0.3, 0.4) is 0 Å². The van der Waals surface area contributed by atoms with Crippen molar-refractivity contribution in [2.24, 2.45) is 4.99 Å². The van der Waals surface area contributed by atoms with Crippen LogP contribution in [0.15, 0.2) is 23.2 Å². The molecule has 0 aliphatic carbocycles. The first kappa shape index (κ1) is 22.2. The fourth-order valence-electron chi connectivity index (χ4n) is 2.75. The van der Waals surface area contributed by atoms with Crippen molar-refractivity contribution in [3.8, 4) is 11.5 Å². The molecule has 5 nitrogen and oxygen atoms in total. The standard InChI is InChI=1S/C18H29N3O2S.HI/c1-4-16-13-21(10-11-24-16)18(19-5-2)20-9-8-14-6-7-15(23-3)12-17(14)22;/h6-7,12,16,22H,4-5,8-11,13H2,1-3H3,(H,19,20);1H. The molecule has 0 saturated carbocycles. The number of methoxy groups -OCH3 is 1. The maximum absolute atomic E-state index is 10.0. The van der Waals surface area contributed by atoms with Gasteiger partial charge in [-0.3, -0.25) is 4.99 Å². The Kier molecular flexibility index (Phi) is 10.4. The van der Waals surface area contributed by atoms with Gasteiger partial charge in [0.1, 0.15) is 11.5 Å². The van der Waals surface area contributed by atoms with Crippen LogP contribution in [-0.2, 0) is 6.42 Å². The number of nitrogens with zero attached hydrogens (tertiary/aromatic N) is 2. The Morgan fingerprint density at radius 3 is 2.88 bits per heavy atom. The molecule has 1 aromatic carbocycles. The highest BCUT2D eigenvalue weighted by atomic mass is 127. The number of halogens is 1. The molecule has 2 N–H and O–H groups in total. The lowest BCUT2D eigenvalue weighted by Gasteiger charge is -2.34. The molecule has 2 rings (SSSR count). The second-order valence-electron chi connectivity index (χ2n) is 5.83. The van der Waals surface area contributed by atoms with Crippen LogP contribution < -0.4 is 10.1 Å². The van der Waals surface area contributed by atoms with Crippen LogP contribution in [0.4, 0.5) is 0 Å². The first-order valence-corrected chi connectivity index (χ1v) is 9.73. The zero-order valence-electron chi connectivity index (χ0n) is 15.3. The molecule has 1 aliphatic heterocycles. The normalized spacial score (nSPS) is 17.8. The van der Waals surface area contributed by atoms with Gasteiger partial charge in [0, 0.05) is 43.2 Å². The van der Waals surface area contributed by atoms with E-state index in [9.17, 15) is 5.11 Å². The molecule has 1 aromatic rings. The zero-order valence-corrected chi connectivity index (χ0v) is 18.5. The van der Waals surface area contributed by atoms with E-state index in [1.54, 1.807) is 13.2 Å². The van der Waals surface area contributed by atoms with Crippen molar-refractivity contribution in [3.05, 3.63) is 23.8 Å². The summed E-state index contributed by atoms with van der Waals surface area (Å²) in [5, 5.41) is 14.1. The smallest absolute Gasteiger partial charge is 0.193 e. The zero-order chi connectivity index (χ0) is 17.4. The summed E-state index contributed by atoms with van der Waals surface area (Å²) in [6, 6.07) is 5.43. The predicted octanol–water partition coefficient (Wildman–Crippen LogP) is 3.35. The number of phenolic OH excluding ortho intramolecular Hbond substituents is 1. The van der Waals surface area contributed by atoms with E-state index in [1.165, 1.54) is 6.42 Å². The van der Waals surface area contributed by atoms with Crippen LogP contribution in [0, 0.1) is 0 Å². The molecular weight excluding hydrogens is 449 g/mol. The number of benzene rings is 1. The number of aliphatic imine (C=N–C) groups is 1. The van der Waals surface area contributed by atoms with Gasteiger partial charge in [0.05, 0.1) is 7.11 Å². The summed E-state index contributed by atoms with van der Waals surface area (Å²) in [4.78, 5) is 7.13. The predicted molar refractivity (Wildman–Crippen MR) is 118 cm³/mol.